The van der Waals surface area contributed by atoms with E-state index in [0.29, 0.717) is 38.0 Å². The van der Waals surface area contributed by atoms with Crippen molar-refractivity contribution in [3.8, 4) is 11.4 Å². The minimum absolute atomic E-state index is 0.280. The Balaban J connectivity index is 1.60. The van der Waals surface area contributed by atoms with Crippen molar-refractivity contribution in [1.82, 2.24) is 24.8 Å². The van der Waals surface area contributed by atoms with Crippen molar-refractivity contribution >= 4 is 23.3 Å². The Bertz CT molecular complexity index is 892. The van der Waals surface area contributed by atoms with Gasteiger partial charge in [0.2, 0.25) is 12.2 Å². The van der Waals surface area contributed by atoms with Crippen LogP contribution in [0.2, 0.25) is 0 Å². The Morgan fingerprint density at radius 1 is 1.20 bits per heavy atom. The molecule has 2 aromatic heterocycles. The number of anilines is 1. The summed E-state index contributed by atoms with van der Waals surface area (Å²) in [7, 11) is 0. The van der Waals surface area contributed by atoms with Crippen LogP contribution < -0.4 is 4.90 Å². The maximum atomic E-state index is 10.8. The van der Waals surface area contributed by atoms with Crippen LogP contribution in [0.5, 0.6) is 0 Å². The normalized spacial score (nSPS) is 15.3. The van der Waals surface area contributed by atoms with E-state index in [4.69, 9.17) is 4.52 Å². The molecular formula is C17H20N6O2. The summed E-state index contributed by atoms with van der Waals surface area (Å²) in [6.07, 6.45) is 2.75. The summed E-state index contributed by atoms with van der Waals surface area (Å²) >= 11 is 0. The fourth-order valence-corrected chi connectivity index (χ4v) is 3.07. The number of piperazine rings is 1. The lowest BCUT2D eigenvalue weighted by molar-refractivity contribution is -0.118. The fraction of sp³-hybridized carbons (Fsp3) is 0.412. The standard InChI is InChI=1S/C17H20N6O2/c1-12(2)23-15-9-13(3-4-14(15)10-18-23)16-19-17(25-20-16)22-7-5-21(11-24)6-8-22/h3-4,9-12H,5-8H2,1-2H3. The van der Waals surface area contributed by atoms with Crippen LogP contribution in [0.3, 0.4) is 0 Å². The van der Waals surface area contributed by atoms with Gasteiger partial charge in [-0.3, -0.25) is 9.48 Å². The highest BCUT2D eigenvalue weighted by atomic mass is 16.5. The largest absolute Gasteiger partial charge is 0.342 e. The lowest BCUT2D eigenvalue weighted by Crippen LogP contribution is -2.45. The zero-order chi connectivity index (χ0) is 17.4. The lowest BCUT2D eigenvalue weighted by atomic mass is 10.1. The molecule has 3 heterocycles. The third-order valence-corrected chi connectivity index (χ3v) is 4.49. The number of aromatic nitrogens is 4. The summed E-state index contributed by atoms with van der Waals surface area (Å²) in [5, 5.41) is 9.65. The lowest BCUT2D eigenvalue weighted by Gasteiger charge is -2.30. The second kappa shape index (κ2) is 6.19. The predicted molar refractivity (Wildman–Crippen MR) is 93.3 cm³/mol. The van der Waals surface area contributed by atoms with Gasteiger partial charge in [-0.05, 0) is 19.9 Å². The minimum Gasteiger partial charge on any atom is -0.342 e. The predicted octanol–water partition coefficient (Wildman–Crippen LogP) is 1.95. The molecule has 1 aliphatic heterocycles. The van der Waals surface area contributed by atoms with E-state index in [1.165, 1.54) is 0 Å². The van der Waals surface area contributed by atoms with Crippen LogP contribution >= 0.6 is 0 Å². The van der Waals surface area contributed by atoms with Crippen molar-refractivity contribution in [2.75, 3.05) is 31.1 Å². The summed E-state index contributed by atoms with van der Waals surface area (Å²) in [5.41, 5.74) is 1.95. The Labute approximate surface area is 145 Å². The minimum atomic E-state index is 0.280. The zero-order valence-electron chi connectivity index (χ0n) is 14.3. The van der Waals surface area contributed by atoms with Gasteiger partial charge in [0.25, 0.3) is 0 Å². The highest BCUT2D eigenvalue weighted by molar-refractivity contribution is 5.83. The summed E-state index contributed by atoms with van der Waals surface area (Å²) in [6.45, 7) is 6.93. The summed E-state index contributed by atoms with van der Waals surface area (Å²) < 4.78 is 7.42. The Morgan fingerprint density at radius 2 is 2.00 bits per heavy atom. The van der Waals surface area contributed by atoms with Gasteiger partial charge in [-0.15, -0.1) is 0 Å². The number of amides is 1. The van der Waals surface area contributed by atoms with Gasteiger partial charge in [0.05, 0.1) is 11.7 Å². The van der Waals surface area contributed by atoms with E-state index in [9.17, 15) is 4.79 Å². The number of benzene rings is 1. The number of carbonyl (C=O) groups excluding carboxylic acids is 1. The van der Waals surface area contributed by atoms with Crippen LogP contribution in [-0.4, -0.2) is 57.4 Å². The van der Waals surface area contributed by atoms with Gasteiger partial charge in [-0.25, -0.2) is 0 Å². The molecule has 1 saturated heterocycles. The molecule has 130 valence electrons. The van der Waals surface area contributed by atoms with E-state index >= 15 is 0 Å². The highest BCUT2D eigenvalue weighted by Gasteiger charge is 2.21. The molecule has 0 spiro atoms. The van der Waals surface area contributed by atoms with Crippen LogP contribution in [-0.2, 0) is 4.79 Å². The first-order valence-corrected chi connectivity index (χ1v) is 8.41. The number of nitrogens with zero attached hydrogens (tertiary/aromatic N) is 6. The molecule has 0 bridgehead atoms. The van der Waals surface area contributed by atoms with Crippen LogP contribution in [0.4, 0.5) is 6.01 Å². The molecule has 1 fully saturated rings. The number of carbonyl (C=O) groups is 1. The quantitative estimate of drug-likeness (QED) is 0.675. The van der Waals surface area contributed by atoms with Gasteiger partial charge in [0.1, 0.15) is 0 Å². The monoisotopic (exact) mass is 340 g/mol. The van der Waals surface area contributed by atoms with Crippen molar-refractivity contribution in [3.63, 3.8) is 0 Å². The third kappa shape index (κ3) is 2.84. The summed E-state index contributed by atoms with van der Waals surface area (Å²) in [6, 6.07) is 6.82. The van der Waals surface area contributed by atoms with Crippen LogP contribution in [0.15, 0.2) is 28.9 Å². The first-order valence-electron chi connectivity index (χ1n) is 8.41. The van der Waals surface area contributed by atoms with Gasteiger partial charge in [-0.1, -0.05) is 17.3 Å². The van der Waals surface area contributed by atoms with Crippen molar-refractivity contribution in [2.24, 2.45) is 0 Å². The van der Waals surface area contributed by atoms with E-state index < -0.39 is 0 Å². The molecule has 25 heavy (non-hydrogen) atoms. The summed E-state index contributed by atoms with van der Waals surface area (Å²) in [5.74, 6) is 0.561. The molecule has 0 unspecified atom stereocenters. The van der Waals surface area contributed by atoms with E-state index in [-0.39, 0.29) is 6.04 Å². The fourth-order valence-electron chi connectivity index (χ4n) is 3.07. The van der Waals surface area contributed by atoms with E-state index in [0.717, 1.165) is 22.9 Å². The molecule has 0 aliphatic carbocycles. The number of rotatable bonds is 4. The van der Waals surface area contributed by atoms with Crippen LogP contribution in [0.25, 0.3) is 22.3 Å². The first kappa shape index (κ1) is 15.6. The molecular weight excluding hydrogens is 320 g/mol. The maximum absolute atomic E-state index is 10.8. The molecule has 0 atom stereocenters. The first-order chi connectivity index (χ1) is 12.2. The summed E-state index contributed by atoms with van der Waals surface area (Å²) in [4.78, 5) is 19.1. The van der Waals surface area contributed by atoms with Crippen LogP contribution in [0, 0.1) is 0 Å². The molecule has 0 N–H and O–H groups in total. The molecule has 8 heteroatoms. The Hall–Kier alpha value is -2.90. The number of hydrogen-bond donors (Lipinski definition) is 0. The Kier molecular flexibility index (Phi) is 3.87. The van der Waals surface area contributed by atoms with Crippen LogP contribution in [0.1, 0.15) is 19.9 Å². The molecule has 0 saturated carbocycles. The molecule has 1 aromatic carbocycles. The maximum Gasteiger partial charge on any atom is 0.324 e. The van der Waals surface area contributed by atoms with Gasteiger partial charge >= 0.3 is 6.01 Å². The topological polar surface area (TPSA) is 80.3 Å². The molecule has 1 aliphatic rings. The second-order valence-electron chi connectivity index (χ2n) is 6.49. The van der Waals surface area contributed by atoms with E-state index in [2.05, 4.69) is 29.1 Å². The SMILES string of the molecule is CC(C)n1ncc2ccc(-c3noc(N4CCN(C=O)CC4)n3)cc21. The second-order valence-corrected chi connectivity index (χ2v) is 6.49. The van der Waals surface area contributed by atoms with Gasteiger partial charge in [-0.2, -0.15) is 10.1 Å². The van der Waals surface area contributed by atoms with Crippen molar-refractivity contribution in [1.29, 1.82) is 0 Å². The van der Waals surface area contributed by atoms with Gasteiger partial charge in [0, 0.05) is 43.2 Å². The number of fused-ring (bicyclic) bond motifs is 1. The van der Waals surface area contributed by atoms with Gasteiger partial charge < -0.3 is 14.3 Å². The smallest absolute Gasteiger partial charge is 0.324 e. The van der Waals surface area contributed by atoms with Crippen molar-refractivity contribution in [2.45, 2.75) is 19.9 Å². The Morgan fingerprint density at radius 3 is 2.72 bits per heavy atom. The average Bonchev–Trinajstić information content (AvgIpc) is 3.28. The van der Waals surface area contributed by atoms with Crippen molar-refractivity contribution < 1.29 is 9.32 Å². The molecule has 1 amide bonds. The van der Waals surface area contributed by atoms with E-state index in [1.807, 2.05) is 34.0 Å². The average molecular weight is 340 g/mol. The number of hydrogen-bond acceptors (Lipinski definition) is 6. The van der Waals surface area contributed by atoms with E-state index in [1.54, 1.807) is 4.90 Å². The highest BCUT2D eigenvalue weighted by Crippen LogP contribution is 2.26. The zero-order valence-corrected chi connectivity index (χ0v) is 14.3. The molecule has 8 nitrogen and oxygen atoms in total. The van der Waals surface area contributed by atoms with Crippen molar-refractivity contribution in [3.05, 3.63) is 24.4 Å². The molecule has 4 rings (SSSR count). The third-order valence-electron chi connectivity index (χ3n) is 4.49. The molecule has 0 radical (unpaired) electrons. The molecule has 3 aromatic rings. The van der Waals surface area contributed by atoms with Gasteiger partial charge in [0.15, 0.2) is 0 Å².